The Bertz CT molecular complexity index is 502. The number of pyridine rings is 1. The highest BCUT2D eigenvalue weighted by atomic mass is 15.3. The van der Waals surface area contributed by atoms with E-state index in [0.717, 1.165) is 24.0 Å². The summed E-state index contributed by atoms with van der Waals surface area (Å²) in [5.41, 5.74) is 1.03. The maximum Gasteiger partial charge on any atom is 0.178 e. The van der Waals surface area contributed by atoms with Crippen molar-refractivity contribution in [3.63, 3.8) is 0 Å². The van der Waals surface area contributed by atoms with Crippen molar-refractivity contribution in [2.75, 3.05) is 11.9 Å². The lowest BCUT2D eigenvalue weighted by Gasteiger charge is -2.22. The van der Waals surface area contributed by atoms with Crippen molar-refractivity contribution in [2.24, 2.45) is 5.92 Å². The van der Waals surface area contributed by atoms with Crippen LogP contribution in [0, 0.1) is 5.92 Å². The van der Waals surface area contributed by atoms with Crippen LogP contribution in [0.15, 0.2) is 31.0 Å². The van der Waals surface area contributed by atoms with E-state index in [9.17, 15) is 0 Å². The fourth-order valence-electron chi connectivity index (χ4n) is 2.68. The van der Waals surface area contributed by atoms with Crippen LogP contribution in [0.4, 0.5) is 5.69 Å². The van der Waals surface area contributed by atoms with Crippen LogP contribution >= 0.6 is 0 Å². The summed E-state index contributed by atoms with van der Waals surface area (Å²) in [6.07, 6.45) is 11.8. The molecular formula is C14H19N5. The van der Waals surface area contributed by atoms with Gasteiger partial charge in [0.1, 0.15) is 12.7 Å². The molecule has 0 radical (unpaired) electrons. The minimum Gasteiger partial charge on any atom is -0.382 e. The van der Waals surface area contributed by atoms with Crippen LogP contribution < -0.4 is 5.32 Å². The maximum atomic E-state index is 4.38. The molecule has 0 atom stereocenters. The van der Waals surface area contributed by atoms with Gasteiger partial charge >= 0.3 is 0 Å². The number of hydrogen-bond donors (Lipinski definition) is 1. The van der Waals surface area contributed by atoms with Gasteiger partial charge in [0, 0.05) is 12.7 Å². The zero-order valence-corrected chi connectivity index (χ0v) is 11.0. The normalized spacial score (nSPS) is 16.4. The number of aromatic nitrogens is 4. The molecule has 1 N–H and O–H groups in total. The second-order valence-corrected chi connectivity index (χ2v) is 5.10. The summed E-state index contributed by atoms with van der Waals surface area (Å²) in [5.74, 6) is 1.60. The molecule has 0 bridgehead atoms. The second-order valence-electron chi connectivity index (χ2n) is 5.10. The fourth-order valence-corrected chi connectivity index (χ4v) is 2.68. The number of rotatable bonds is 4. The summed E-state index contributed by atoms with van der Waals surface area (Å²) in [6, 6.07) is 4.00. The highest BCUT2D eigenvalue weighted by Crippen LogP contribution is 2.24. The molecule has 5 nitrogen and oxygen atoms in total. The Hall–Kier alpha value is -1.91. The first-order valence-corrected chi connectivity index (χ1v) is 6.97. The standard InChI is InChI=1S/C14H19N5/c1-2-5-12(6-3-1)9-17-13-7-4-8-16-14(13)19-11-15-10-18-19/h4,7-8,10-12,17H,1-3,5-6,9H2. The molecule has 5 heteroatoms. The van der Waals surface area contributed by atoms with Crippen LogP contribution in [0.1, 0.15) is 32.1 Å². The Morgan fingerprint density at radius 2 is 2.16 bits per heavy atom. The minimum atomic E-state index is 0.789. The third-order valence-corrected chi connectivity index (χ3v) is 3.73. The van der Waals surface area contributed by atoms with E-state index < -0.39 is 0 Å². The van der Waals surface area contributed by atoms with Gasteiger partial charge in [-0.3, -0.25) is 0 Å². The lowest BCUT2D eigenvalue weighted by Crippen LogP contribution is -2.18. The Labute approximate surface area is 113 Å². The third-order valence-electron chi connectivity index (χ3n) is 3.73. The summed E-state index contributed by atoms with van der Waals surface area (Å²) >= 11 is 0. The predicted octanol–water partition coefficient (Wildman–Crippen LogP) is 2.65. The van der Waals surface area contributed by atoms with E-state index in [0.29, 0.717) is 0 Å². The first-order valence-electron chi connectivity index (χ1n) is 6.97. The predicted molar refractivity (Wildman–Crippen MR) is 74.2 cm³/mol. The first kappa shape index (κ1) is 12.1. The van der Waals surface area contributed by atoms with E-state index in [4.69, 9.17) is 0 Å². The first-order chi connectivity index (χ1) is 9.43. The largest absolute Gasteiger partial charge is 0.382 e. The van der Waals surface area contributed by atoms with Crippen molar-refractivity contribution in [1.29, 1.82) is 0 Å². The molecular weight excluding hydrogens is 238 g/mol. The number of nitrogens with zero attached hydrogens (tertiary/aromatic N) is 4. The van der Waals surface area contributed by atoms with Crippen LogP contribution in [-0.4, -0.2) is 26.3 Å². The van der Waals surface area contributed by atoms with E-state index in [-0.39, 0.29) is 0 Å². The van der Waals surface area contributed by atoms with Gasteiger partial charge in [0.15, 0.2) is 5.82 Å². The number of nitrogens with one attached hydrogen (secondary N) is 1. The van der Waals surface area contributed by atoms with Gasteiger partial charge in [-0.1, -0.05) is 19.3 Å². The van der Waals surface area contributed by atoms with Crippen LogP contribution in [-0.2, 0) is 0 Å². The molecule has 3 rings (SSSR count). The Kier molecular flexibility index (Phi) is 3.72. The van der Waals surface area contributed by atoms with Crippen LogP contribution in [0.25, 0.3) is 5.82 Å². The summed E-state index contributed by atoms with van der Waals surface area (Å²) in [5, 5.41) is 7.67. The second kappa shape index (κ2) is 5.82. The summed E-state index contributed by atoms with van der Waals surface area (Å²) in [4.78, 5) is 8.36. The van der Waals surface area contributed by atoms with Crippen molar-refractivity contribution < 1.29 is 0 Å². The van der Waals surface area contributed by atoms with Gasteiger partial charge < -0.3 is 5.32 Å². The summed E-state index contributed by atoms with van der Waals surface area (Å²) in [7, 11) is 0. The quantitative estimate of drug-likeness (QED) is 0.915. The number of anilines is 1. The highest BCUT2D eigenvalue weighted by molar-refractivity contribution is 5.56. The van der Waals surface area contributed by atoms with E-state index >= 15 is 0 Å². The van der Waals surface area contributed by atoms with E-state index in [2.05, 4.69) is 20.4 Å². The average molecular weight is 257 g/mol. The van der Waals surface area contributed by atoms with Crippen LogP contribution in [0.5, 0.6) is 0 Å². The fraction of sp³-hybridized carbons (Fsp3) is 0.500. The van der Waals surface area contributed by atoms with Gasteiger partial charge in [0.2, 0.25) is 0 Å². The topological polar surface area (TPSA) is 55.6 Å². The molecule has 1 saturated carbocycles. The third kappa shape index (κ3) is 2.92. The summed E-state index contributed by atoms with van der Waals surface area (Å²) < 4.78 is 1.70. The van der Waals surface area contributed by atoms with Crippen molar-refractivity contribution in [2.45, 2.75) is 32.1 Å². The molecule has 1 aliphatic carbocycles. The van der Waals surface area contributed by atoms with E-state index in [1.807, 2.05) is 12.1 Å². The van der Waals surface area contributed by atoms with Gasteiger partial charge in [-0.2, -0.15) is 5.10 Å². The molecule has 2 aromatic rings. The molecule has 0 unspecified atom stereocenters. The zero-order chi connectivity index (χ0) is 12.9. The van der Waals surface area contributed by atoms with E-state index in [1.54, 1.807) is 17.2 Å². The maximum absolute atomic E-state index is 4.38. The molecule has 1 fully saturated rings. The van der Waals surface area contributed by atoms with Crippen molar-refractivity contribution >= 4 is 5.69 Å². The molecule has 0 amide bonds. The summed E-state index contributed by atoms with van der Waals surface area (Å²) in [6.45, 7) is 1.02. The Morgan fingerprint density at radius 3 is 2.95 bits per heavy atom. The Morgan fingerprint density at radius 1 is 1.26 bits per heavy atom. The minimum absolute atomic E-state index is 0.789. The molecule has 2 heterocycles. The molecule has 100 valence electrons. The SMILES string of the molecule is c1cnc(-n2cncn2)c(NCC2CCCCC2)c1. The van der Waals surface area contributed by atoms with Crippen LogP contribution in [0.2, 0.25) is 0 Å². The molecule has 0 saturated heterocycles. The lowest BCUT2D eigenvalue weighted by atomic mass is 9.89. The van der Waals surface area contributed by atoms with Crippen molar-refractivity contribution in [3.8, 4) is 5.82 Å². The van der Waals surface area contributed by atoms with Crippen molar-refractivity contribution in [3.05, 3.63) is 31.0 Å². The smallest absolute Gasteiger partial charge is 0.178 e. The molecule has 0 aromatic carbocycles. The van der Waals surface area contributed by atoms with Gasteiger partial charge in [0.25, 0.3) is 0 Å². The molecule has 2 aromatic heterocycles. The lowest BCUT2D eigenvalue weighted by molar-refractivity contribution is 0.373. The monoisotopic (exact) mass is 257 g/mol. The molecule has 0 spiro atoms. The van der Waals surface area contributed by atoms with Gasteiger partial charge in [-0.25, -0.2) is 14.6 Å². The van der Waals surface area contributed by atoms with Gasteiger partial charge in [-0.15, -0.1) is 0 Å². The molecule has 19 heavy (non-hydrogen) atoms. The van der Waals surface area contributed by atoms with Crippen molar-refractivity contribution in [1.82, 2.24) is 19.7 Å². The number of hydrogen-bond acceptors (Lipinski definition) is 4. The van der Waals surface area contributed by atoms with Crippen LogP contribution in [0.3, 0.4) is 0 Å². The van der Waals surface area contributed by atoms with Gasteiger partial charge in [0.05, 0.1) is 5.69 Å². The molecule has 0 aliphatic heterocycles. The average Bonchev–Trinajstić information content (AvgIpc) is 3.01. The highest BCUT2D eigenvalue weighted by Gasteiger charge is 2.14. The zero-order valence-electron chi connectivity index (χ0n) is 11.0. The van der Waals surface area contributed by atoms with Gasteiger partial charge in [-0.05, 0) is 30.9 Å². The molecule has 1 aliphatic rings. The Balaban J connectivity index is 1.70. The van der Waals surface area contributed by atoms with E-state index in [1.165, 1.54) is 38.4 Å².